The molecule has 0 aromatic heterocycles. The Kier molecular flexibility index (Phi) is 9.87. The number of ether oxygens (including phenoxy) is 1. The normalized spacial score (nSPS) is 45.5. The molecule has 5 heteroatoms. The first-order chi connectivity index (χ1) is 21.5. The Morgan fingerprint density at radius 3 is 2.18 bits per heavy atom. The van der Waals surface area contributed by atoms with Crippen molar-refractivity contribution in [3.8, 4) is 0 Å². The van der Waals surface area contributed by atoms with E-state index in [0.29, 0.717) is 16.7 Å². The van der Waals surface area contributed by atoms with Crippen molar-refractivity contribution in [2.24, 2.45) is 64.1 Å². The molecular weight excluding hydrogens is 558 g/mol. The highest BCUT2D eigenvalue weighted by atomic mass is 16.5. The molecule has 2 amide bonds. The maximum Gasteiger partial charge on any atom is 0.309 e. The van der Waals surface area contributed by atoms with Crippen LogP contribution in [0, 0.1) is 64.1 Å². The zero-order valence-electron chi connectivity index (χ0n) is 29.7. The molecule has 6 rings (SSSR count). The Balaban J connectivity index is 1.00. The number of hydrogen-bond donors (Lipinski definition) is 0. The summed E-state index contributed by atoms with van der Waals surface area (Å²) >= 11 is 0. The van der Waals surface area contributed by atoms with Gasteiger partial charge < -0.3 is 4.74 Å². The third kappa shape index (κ3) is 5.96. The van der Waals surface area contributed by atoms with Crippen molar-refractivity contribution >= 4 is 17.8 Å². The summed E-state index contributed by atoms with van der Waals surface area (Å²) in [5, 5.41) is 0. The van der Waals surface area contributed by atoms with E-state index in [1.165, 1.54) is 81.9 Å². The minimum absolute atomic E-state index is 0.0224. The van der Waals surface area contributed by atoms with E-state index in [0.717, 1.165) is 68.1 Å². The van der Waals surface area contributed by atoms with Crippen LogP contribution in [0.2, 0.25) is 0 Å². The quantitative estimate of drug-likeness (QED) is 0.146. The molecule has 0 aromatic rings. The number of hydrogen-bond acceptors (Lipinski definition) is 4. The van der Waals surface area contributed by atoms with Crippen molar-refractivity contribution in [2.45, 2.75) is 169 Å². The van der Waals surface area contributed by atoms with Crippen LogP contribution in [0.3, 0.4) is 0 Å². The lowest BCUT2D eigenvalue weighted by Gasteiger charge is -2.61. The van der Waals surface area contributed by atoms with Crippen LogP contribution in [0.25, 0.3) is 0 Å². The average Bonchev–Trinajstić information content (AvgIpc) is 3.48. The molecule has 0 spiro atoms. The number of esters is 1. The van der Waals surface area contributed by atoms with Gasteiger partial charge in [0.2, 0.25) is 11.8 Å². The van der Waals surface area contributed by atoms with E-state index >= 15 is 0 Å². The molecule has 0 N–H and O–H groups in total. The smallest absolute Gasteiger partial charge is 0.309 e. The van der Waals surface area contributed by atoms with Gasteiger partial charge in [-0.25, -0.2) is 0 Å². The number of nitrogens with zero attached hydrogens (tertiary/aromatic N) is 1. The van der Waals surface area contributed by atoms with E-state index < -0.39 is 0 Å². The minimum atomic E-state index is -0.228. The topological polar surface area (TPSA) is 63.7 Å². The summed E-state index contributed by atoms with van der Waals surface area (Å²) in [6, 6.07) is -0.0477. The Labute approximate surface area is 274 Å². The SMILES string of the molecule is CCCCCCC(C)C1CCC2C3CCC4CC(OC(=O)C5CCC(N6C(=O)C(C)C(C)C6=O)CC5)CCC4(C)C3CCC12C. The highest BCUT2D eigenvalue weighted by Gasteiger charge is 2.61. The lowest BCUT2D eigenvalue weighted by Crippen LogP contribution is -2.54. The largest absolute Gasteiger partial charge is 0.462 e. The number of rotatable bonds is 9. The number of fused-ring (bicyclic) bond motifs is 5. The summed E-state index contributed by atoms with van der Waals surface area (Å²) in [5.74, 6) is 4.52. The van der Waals surface area contributed by atoms with Crippen molar-refractivity contribution in [3.63, 3.8) is 0 Å². The Morgan fingerprint density at radius 1 is 0.822 bits per heavy atom. The summed E-state index contributed by atoms with van der Waals surface area (Å²) < 4.78 is 6.28. The minimum Gasteiger partial charge on any atom is -0.462 e. The van der Waals surface area contributed by atoms with Gasteiger partial charge >= 0.3 is 5.97 Å². The molecule has 0 radical (unpaired) electrons. The molecule has 0 bridgehead atoms. The molecule has 11 unspecified atom stereocenters. The van der Waals surface area contributed by atoms with Crippen molar-refractivity contribution in [2.75, 3.05) is 0 Å². The van der Waals surface area contributed by atoms with Crippen molar-refractivity contribution in [1.29, 1.82) is 0 Å². The summed E-state index contributed by atoms with van der Waals surface area (Å²) in [4.78, 5) is 40.3. The number of carbonyl (C=O) groups excluding carboxylic acids is 3. The zero-order chi connectivity index (χ0) is 32.1. The predicted octanol–water partition coefficient (Wildman–Crippen LogP) is 9.36. The van der Waals surface area contributed by atoms with Gasteiger partial charge in [0.15, 0.2) is 0 Å². The van der Waals surface area contributed by atoms with Gasteiger partial charge in [0, 0.05) is 17.9 Å². The molecule has 1 aliphatic heterocycles. The van der Waals surface area contributed by atoms with Crippen molar-refractivity contribution in [1.82, 2.24) is 4.90 Å². The number of unbranched alkanes of at least 4 members (excludes halogenated alkanes) is 3. The van der Waals surface area contributed by atoms with E-state index in [-0.39, 0.29) is 47.7 Å². The van der Waals surface area contributed by atoms with Gasteiger partial charge in [-0.1, -0.05) is 73.6 Å². The molecule has 1 saturated heterocycles. The van der Waals surface area contributed by atoms with Gasteiger partial charge in [0.1, 0.15) is 6.10 Å². The third-order valence-corrected chi connectivity index (χ3v) is 15.6. The van der Waals surface area contributed by atoms with Crippen LogP contribution in [0.4, 0.5) is 0 Å². The third-order valence-electron chi connectivity index (χ3n) is 15.6. The summed E-state index contributed by atoms with van der Waals surface area (Å²) in [7, 11) is 0. The fourth-order valence-corrected chi connectivity index (χ4v) is 12.6. The Hall–Kier alpha value is -1.39. The second-order valence-corrected chi connectivity index (χ2v) is 17.7. The second-order valence-electron chi connectivity index (χ2n) is 17.7. The molecule has 254 valence electrons. The van der Waals surface area contributed by atoms with Crippen LogP contribution in [0.5, 0.6) is 0 Å². The van der Waals surface area contributed by atoms with Crippen LogP contribution in [-0.4, -0.2) is 34.8 Å². The van der Waals surface area contributed by atoms with Gasteiger partial charge in [-0.15, -0.1) is 0 Å². The van der Waals surface area contributed by atoms with Crippen molar-refractivity contribution in [3.05, 3.63) is 0 Å². The fraction of sp³-hybridized carbons (Fsp3) is 0.925. The summed E-state index contributed by atoms with van der Waals surface area (Å²) in [6.45, 7) is 14.0. The van der Waals surface area contributed by atoms with Gasteiger partial charge in [-0.3, -0.25) is 19.3 Å². The highest BCUT2D eigenvalue weighted by Crippen LogP contribution is 2.68. The lowest BCUT2D eigenvalue weighted by atomic mass is 9.44. The van der Waals surface area contributed by atoms with E-state index in [1.807, 2.05) is 13.8 Å². The molecule has 5 aliphatic carbocycles. The molecular formula is C40H65NO4. The van der Waals surface area contributed by atoms with Crippen LogP contribution in [-0.2, 0) is 19.1 Å². The molecule has 1 heterocycles. The van der Waals surface area contributed by atoms with Crippen LogP contribution in [0.1, 0.15) is 157 Å². The van der Waals surface area contributed by atoms with Crippen LogP contribution in [0.15, 0.2) is 0 Å². The first-order valence-corrected chi connectivity index (χ1v) is 19.6. The van der Waals surface area contributed by atoms with Gasteiger partial charge in [-0.2, -0.15) is 0 Å². The summed E-state index contributed by atoms with van der Waals surface area (Å²) in [5.41, 5.74) is 0.949. The molecule has 6 aliphatic rings. The highest BCUT2D eigenvalue weighted by molar-refractivity contribution is 6.05. The fourth-order valence-electron chi connectivity index (χ4n) is 12.6. The molecule has 11 atom stereocenters. The van der Waals surface area contributed by atoms with Gasteiger partial charge in [0.25, 0.3) is 0 Å². The molecule has 5 nitrogen and oxygen atoms in total. The van der Waals surface area contributed by atoms with Crippen LogP contribution >= 0.6 is 0 Å². The predicted molar refractivity (Wildman–Crippen MR) is 179 cm³/mol. The first kappa shape index (κ1) is 33.5. The number of imide groups is 1. The second kappa shape index (κ2) is 13.3. The molecule has 45 heavy (non-hydrogen) atoms. The monoisotopic (exact) mass is 623 g/mol. The standard InChI is InChI=1S/C40H65NO4/c1-7-8-9-10-11-25(2)33-18-19-34-32-17-14-29-24-31(20-22-39(29,5)35(32)21-23-40(33,34)6)45-38(44)28-12-15-30(16-13-28)41-36(42)26(3)27(4)37(41)43/h25-35H,7-24H2,1-6H3. The average molecular weight is 624 g/mol. The van der Waals surface area contributed by atoms with Gasteiger partial charge in [0.05, 0.1) is 5.92 Å². The lowest BCUT2D eigenvalue weighted by molar-refractivity contribution is -0.168. The van der Waals surface area contributed by atoms with E-state index in [1.54, 1.807) is 0 Å². The summed E-state index contributed by atoms with van der Waals surface area (Å²) in [6.07, 6.45) is 21.7. The molecule has 6 fully saturated rings. The van der Waals surface area contributed by atoms with Crippen molar-refractivity contribution < 1.29 is 19.1 Å². The number of likely N-dealkylation sites (tertiary alicyclic amines) is 1. The zero-order valence-corrected chi connectivity index (χ0v) is 29.7. The Morgan fingerprint density at radius 2 is 1.49 bits per heavy atom. The maximum absolute atomic E-state index is 13.4. The Bertz CT molecular complexity index is 1080. The number of amides is 2. The number of carbonyl (C=O) groups is 3. The maximum atomic E-state index is 13.4. The van der Waals surface area contributed by atoms with E-state index in [2.05, 4.69) is 27.7 Å². The molecule has 0 aromatic carbocycles. The van der Waals surface area contributed by atoms with Crippen LogP contribution < -0.4 is 0 Å². The van der Waals surface area contributed by atoms with Gasteiger partial charge in [-0.05, 0) is 130 Å². The van der Waals surface area contributed by atoms with E-state index in [4.69, 9.17) is 4.74 Å². The van der Waals surface area contributed by atoms with E-state index in [9.17, 15) is 14.4 Å². The first-order valence-electron chi connectivity index (χ1n) is 19.6. The molecule has 5 saturated carbocycles.